The second-order valence-electron chi connectivity index (χ2n) is 4.92. The second kappa shape index (κ2) is 8.89. The number of aliphatic hydroxyl groups is 1. The Kier molecular flexibility index (Phi) is 6.60. The van der Waals surface area contributed by atoms with Crippen molar-refractivity contribution in [3.05, 3.63) is 64.7 Å². The van der Waals surface area contributed by atoms with E-state index in [0.717, 1.165) is 0 Å². The van der Waals surface area contributed by atoms with Crippen LogP contribution in [-0.2, 0) is 9.53 Å². The number of aliphatic imine (C=N–C) groups is 1. The number of rotatable bonds is 6. The molecule has 0 atom stereocenters. The van der Waals surface area contributed by atoms with Crippen LogP contribution in [0.2, 0.25) is 5.02 Å². The molecule has 0 heterocycles. The molecule has 0 saturated heterocycles. The highest BCUT2D eigenvalue weighted by atomic mass is 35.5. The Morgan fingerprint density at radius 3 is 2.48 bits per heavy atom. The van der Waals surface area contributed by atoms with Gasteiger partial charge in [-0.25, -0.2) is 4.79 Å². The largest absolute Gasteiger partial charge is 0.506 e. The minimum atomic E-state index is -0.683. The summed E-state index contributed by atoms with van der Waals surface area (Å²) >= 11 is 6.09. The lowest BCUT2D eigenvalue weighted by atomic mass is 10.1. The van der Waals surface area contributed by atoms with Gasteiger partial charge in [-0.3, -0.25) is 4.99 Å². The SMILES string of the molecule is CCOC(=O)C(C=Nc1ccc(OC)cc1)=C(O)c1ccccc1Cl. The van der Waals surface area contributed by atoms with Gasteiger partial charge < -0.3 is 14.6 Å². The summed E-state index contributed by atoms with van der Waals surface area (Å²) in [6, 6.07) is 13.6. The van der Waals surface area contributed by atoms with Crippen LogP contribution in [0.25, 0.3) is 5.76 Å². The first-order valence-corrected chi connectivity index (χ1v) is 7.98. The Morgan fingerprint density at radius 2 is 1.88 bits per heavy atom. The van der Waals surface area contributed by atoms with Crippen LogP contribution in [0.1, 0.15) is 12.5 Å². The third kappa shape index (κ3) is 4.84. The molecule has 130 valence electrons. The molecule has 6 heteroatoms. The molecule has 0 unspecified atom stereocenters. The quantitative estimate of drug-likeness (QED) is 0.354. The molecule has 25 heavy (non-hydrogen) atoms. The number of hydrogen-bond acceptors (Lipinski definition) is 5. The van der Waals surface area contributed by atoms with Crippen LogP contribution in [0.4, 0.5) is 5.69 Å². The van der Waals surface area contributed by atoms with Gasteiger partial charge >= 0.3 is 5.97 Å². The normalized spacial score (nSPS) is 12.0. The van der Waals surface area contributed by atoms with Gasteiger partial charge in [0.15, 0.2) is 0 Å². The zero-order valence-electron chi connectivity index (χ0n) is 13.9. The molecule has 0 saturated carbocycles. The van der Waals surface area contributed by atoms with Crippen molar-refractivity contribution in [2.75, 3.05) is 13.7 Å². The number of nitrogens with zero attached hydrogens (tertiary/aromatic N) is 1. The lowest BCUT2D eigenvalue weighted by Gasteiger charge is -2.08. The van der Waals surface area contributed by atoms with E-state index < -0.39 is 5.97 Å². The molecule has 0 radical (unpaired) electrons. The van der Waals surface area contributed by atoms with Gasteiger partial charge in [-0.05, 0) is 43.3 Å². The van der Waals surface area contributed by atoms with Crippen molar-refractivity contribution in [3.8, 4) is 5.75 Å². The minimum absolute atomic E-state index is 0.0780. The van der Waals surface area contributed by atoms with E-state index in [1.807, 2.05) is 0 Å². The van der Waals surface area contributed by atoms with Crippen LogP contribution in [0, 0.1) is 0 Å². The van der Waals surface area contributed by atoms with Gasteiger partial charge in [0.1, 0.15) is 17.1 Å². The highest BCUT2D eigenvalue weighted by Gasteiger charge is 2.17. The predicted molar refractivity (Wildman–Crippen MR) is 98.8 cm³/mol. The summed E-state index contributed by atoms with van der Waals surface area (Å²) in [5.41, 5.74) is 0.841. The van der Waals surface area contributed by atoms with Crippen molar-refractivity contribution < 1.29 is 19.4 Å². The van der Waals surface area contributed by atoms with Crippen LogP contribution in [0.5, 0.6) is 5.75 Å². The number of methoxy groups -OCH3 is 1. The van der Waals surface area contributed by atoms with Crippen LogP contribution in [-0.4, -0.2) is 31.0 Å². The Bertz CT molecular complexity index is 797. The maximum absolute atomic E-state index is 12.2. The third-order valence-electron chi connectivity index (χ3n) is 3.29. The monoisotopic (exact) mass is 359 g/mol. The molecule has 0 spiro atoms. The smallest absolute Gasteiger partial charge is 0.343 e. The zero-order chi connectivity index (χ0) is 18.2. The van der Waals surface area contributed by atoms with Crippen molar-refractivity contribution in [1.82, 2.24) is 0 Å². The molecular formula is C19H18ClNO4. The van der Waals surface area contributed by atoms with Gasteiger partial charge in [0.2, 0.25) is 0 Å². The molecule has 2 aromatic carbocycles. The Balaban J connectivity index is 2.41. The molecule has 2 rings (SSSR count). The van der Waals surface area contributed by atoms with E-state index in [2.05, 4.69) is 4.99 Å². The first kappa shape index (κ1) is 18.5. The van der Waals surface area contributed by atoms with E-state index >= 15 is 0 Å². The number of aliphatic hydroxyl groups excluding tert-OH is 1. The zero-order valence-corrected chi connectivity index (χ0v) is 14.7. The van der Waals surface area contributed by atoms with Gasteiger partial charge in [0.05, 0.1) is 24.4 Å². The average Bonchev–Trinajstić information content (AvgIpc) is 2.63. The van der Waals surface area contributed by atoms with Crippen molar-refractivity contribution >= 4 is 35.2 Å². The number of carbonyl (C=O) groups is 1. The maximum Gasteiger partial charge on any atom is 0.343 e. The molecule has 0 aliphatic rings. The fourth-order valence-electron chi connectivity index (χ4n) is 2.03. The molecule has 0 aromatic heterocycles. The first-order chi connectivity index (χ1) is 12.1. The van der Waals surface area contributed by atoms with Gasteiger partial charge in [0, 0.05) is 11.8 Å². The summed E-state index contributed by atoms with van der Waals surface area (Å²) in [5, 5.41) is 10.8. The highest BCUT2D eigenvalue weighted by molar-refractivity contribution is 6.32. The van der Waals surface area contributed by atoms with E-state index in [1.165, 1.54) is 6.21 Å². The lowest BCUT2D eigenvalue weighted by Crippen LogP contribution is -2.11. The maximum atomic E-state index is 12.2. The van der Waals surface area contributed by atoms with Gasteiger partial charge in [-0.15, -0.1) is 0 Å². The fourth-order valence-corrected chi connectivity index (χ4v) is 2.25. The summed E-state index contributed by atoms with van der Waals surface area (Å²) in [6.45, 7) is 1.86. The molecule has 0 amide bonds. The number of ether oxygens (including phenoxy) is 2. The number of carbonyl (C=O) groups excluding carboxylic acids is 1. The average molecular weight is 360 g/mol. The van der Waals surface area contributed by atoms with E-state index in [4.69, 9.17) is 21.1 Å². The molecule has 0 aliphatic heterocycles. The summed E-state index contributed by atoms with van der Waals surface area (Å²) in [6.07, 6.45) is 1.26. The minimum Gasteiger partial charge on any atom is -0.506 e. The predicted octanol–water partition coefficient (Wildman–Crippen LogP) is 4.58. The van der Waals surface area contributed by atoms with Crippen LogP contribution < -0.4 is 4.74 Å². The van der Waals surface area contributed by atoms with Crippen LogP contribution in [0.15, 0.2) is 59.1 Å². The number of halogens is 1. The van der Waals surface area contributed by atoms with E-state index in [1.54, 1.807) is 62.6 Å². The number of esters is 1. The number of benzene rings is 2. The van der Waals surface area contributed by atoms with Crippen molar-refractivity contribution in [2.45, 2.75) is 6.92 Å². The standard InChI is InChI=1S/C19H18ClNO4/c1-3-25-19(23)16(18(22)15-6-4-5-7-17(15)20)12-21-13-8-10-14(24-2)11-9-13/h4-12,22H,3H2,1-2H3. The Labute approximate surface area is 151 Å². The third-order valence-corrected chi connectivity index (χ3v) is 3.62. The van der Waals surface area contributed by atoms with Gasteiger partial charge in [-0.2, -0.15) is 0 Å². The topological polar surface area (TPSA) is 68.1 Å². The van der Waals surface area contributed by atoms with E-state index in [0.29, 0.717) is 22.0 Å². The van der Waals surface area contributed by atoms with E-state index in [-0.39, 0.29) is 17.9 Å². The molecule has 0 bridgehead atoms. The summed E-state index contributed by atoms with van der Waals surface area (Å²) < 4.78 is 10.1. The second-order valence-corrected chi connectivity index (χ2v) is 5.33. The van der Waals surface area contributed by atoms with Crippen molar-refractivity contribution in [1.29, 1.82) is 0 Å². The van der Waals surface area contributed by atoms with E-state index in [9.17, 15) is 9.90 Å². The van der Waals surface area contributed by atoms with Crippen molar-refractivity contribution in [3.63, 3.8) is 0 Å². The summed E-state index contributed by atoms with van der Waals surface area (Å²) in [5.74, 6) is -0.280. The fraction of sp³-hybridized carbons (Fsp3) is 0.158. The first-order valence-electron chi connectivity index (χ1n) is 7.60. The lowest BCUT2D eigenvalue weighted by molar-refractivity contribution is -0.137. The molecule has 2 aromatic rings. The molecular weight excluding hydrogens is 342 g/mol. The van der Waals surface area contributed by atoms with Crippen molar-refractivity contribution in [2.24, 2.45) is 4.99 Å². The highest BCUT2D eigenvalue weighted by Crippen LogP contribution is 2.25. The molecule has 5 nitrogen and oxygen atoms in total. The van der Waals surface area contributed by atoms with Crippen LogP contribution in [0.3, 0.4) is 0 Å². The van der Waals surface area contributed by atoms with Crippen LogP contribution >= 0.6 is 11.6 Å². The Hall–Kier alpha value is -2.79. The molecule has 0 aliphatic carbocycles. The number of hydrogen-bond donors (Lipinski definition) is 1. The van der Waals surface area contributed by atoms with Gasteiger partial charge in [0.25, 0.3) is 0 Å². The van der Waals surface area contributed by atoms with Gasteiger partial charge in [-0.1, -0.05) is 23.7 Å². The molecule has 0 fully saturated rings. The Morgan fingerprint density at radius 1 is 1.20 bits per heavy atom. The summed E-state index contributed by atoms with van der Waals surface area (Å²) in [7, 11) is 1.57. The summed E-state index contributed by atoms with van der Waals surface area (Å²) in [4.78, 5) is 16.4. The molecule has 1 N–H and O–H groups in total.